The van der Waals surface area contributed by atoms with Crippen molar-refractivity contribution in [1.82, 2.24) is 0 Å². The van der Waals surface area contributed by atoms with Crippen LogP contribution in [-0.4, -0.2) is 39.6 Å². The van der Waals surface area contributed by atoms with Crippen LogP contribution in [0.5, 0.6) is 0 Å². The molecule has 0 atom stereocenters. The summed E-state index contributed by atoms with van der Waals surface area (Å²) in [7, 11) is 1.84. The molecule has 0 saturated carbocycles. The molecular weight excluding hydrogens is 244 g/mol. The normalized spacial score (nSPS) is 13.4. The number of hydrogen-bond acceptors (Lipinski definition) is 6. The fraction of sp³-hybridized carbons (Fsp3) is 1.00. The molecule has 0 aromatic rings. The van der Waals surface area contributed by atoms with Crippen molar-refractivity contribution in [3.8, 4) is 0 Å². The smallest absolute Gasteiger partial charge is 0.376 e. The van der Waals surface area contributed by atoms with Crippen molar-refractivity contribution >= 4 is 46.7 Å². The molecule has 80 valence electrons. The highest BCUT2D eigenvalue weighted by Crippen LogP contribution is 2.36. The Morgan fingerprint density at radius 1 is 1.08 bits per heavy atom. The maximum absolute atomic E-state index is 5.26. The Bertz CT molecular complexity index is 144. The topological polar surface area (TPSA) is 27.7 Å². The van der Waals surface area contributed by atoms with Gasteiger partial charge in [0.2, 0.25) is 0 Å². The number of hydrogen-bond donors (Lipinski definition) is 3. The predicted octanol–water partition coefficient (Wildman–Crippen LogP) is 1.28. The summed E-state index contributed by atoms with van der Waals surface area (Å²) in [5.41, 5.74) is 0. The van der Waals surface area contributed by atoms with E-state index in [4.69, 9.17) is 13.3 Å². The molecule has 0 aromatic heterocycles. The van der Waals surface area contributed by atoms with Crippen molar-refractivity contribution in [1.29, 1.82) is 0 Å². The van der Waals surface area contributed by atoms with Crippen molar-refractivity contribution in [3.05, 3.63) is 0 Å². The Morgan fingerprint density at radius 2 is 1.46 bits per heavy atom. The minimum Gasteiger partial charge on any atom is -0.376 e. The van der Waals surface area contributed by atoms with E-state index in [1.807, 2.05) is 0 Å². The molecule has 13 heavy (non-hydrogen) atoms. The summed E-state index contributed by atoms with van der Waals surface area (Å²) in [4.78, 5) is 0. The lowest BCUT2D eigenvalue weighted by Crippen LogP contribution is -2.58. The highest BCUT2D eigenvalue weighted by Gasteiger charge is 2.55. The van der Waals surface area contributed by atoms with E-state index in [0.717, 1.165) is 0 Å². The van der Waals surface area contributed by atoms with Gasteiger partial charge in [-0.3, -0.25) is 0 Å². The van der Waals surface area contributed by atoms with Gasteiger partial charge in [0.05, 0.1) is 0 Å². The fourth-order valence-corrected chi connectivity index (χ4v) is 5.73. The molecule has 0 aromatic carbocycles. The molecule has 0 spiro atoms. The molecule has 0 saturated heterocycles. The molecule has 0 aliphatic carbocycles. The van der Waals surface area contributed by atoms with Gasteiger partial charge in [0.15, 0.2) is 0 Å². The zero-order valence-corrected chi connectivity index (χ0v) is 11.7. The second-order valence-electron chi connectivity index (χ2n) is 2.46. The summed E-state index contributed by atoms with van der Waals surface area (Å²) in [6.45, 7) is 0. The highest BCUT2D eigenvalue weighted by molar-refractivity contribution is 8.03. The van der Waals surface area contributed by atoms with Crippen molar-refractivity contribution < 1.29 is 13.3 Å². The van der Waals surface area contributed by atoms with Crippen LogP contribution in [0.2, 0.25) is 0 Å². The Hall–Kier alpha value is 1.15. The second kappa shape index (κ2) is 5.89. The average molecular weight is 260 g/mol. The van der Waals surface area contributed by atoms with Gasteiger partial charge in [0.25, 0.3) is 0 Å². The van der Waals surface area contributed by atoms with Crippen LogP contribution in [0.4, 0.5) is 0 Å². The van der Waals surface area contributed by atoms with E-state index in [-0.39, 0.29) is 0 Å². The molecule has 7 heteroatoms. The molecule has 0 heterocycles. The lowest BCUT2D eigenvalue weighted by Gasteiger charge is -2.36. The third-order valence-corrected chi connectivity index (χ3v) is 6.91. The first kappa shape index (κ1) is 14.1. The standard InChI is InChI=1S/C6H16O3S3Si/c1-7-13(8-2,9-3)6(11,12)4-5-10/h10-12H,4-5H2,1-3H3. The zero-order chi connectivity index (χ0) is 10.5. The van der Waals surface area contributed by atoms with Crippen molar-refractivity contribution in [3.63, 3.8) is 0 Å². The van der Waals surface area contributed by atoms with Gasteiger partial charge in [-0.25, -0.2) is 0 Å². The van der Waals surface area contributed by atoms with Crippen LogP contribution in [0.15, 0.2) is 0 Å². The van der Waals surface area contributed by atoms with E-state index in [9.17, 15) is 0 Å². The minimum absolute atomic E-state index is 0.643. The van der Waals surface area contributed by atoms with E-state index in [2.05, 4.69) is 37.9 Å². The summed E-state index contributed by atoms with van der Waals surface area (Å²) in [5.74, 6) is 0.651. The van der Waals surface area contributed by atoms with Gasteiger partial charge in [-0.2, -0.15) is 37.9 Å². The third kappa shape index (κ3) is 3.05. The van der Waals surface area contributed by atoms with Crippen LogP contribution in [0.25, 0.3) is 0 Å². The molecule has 0 aliphatic heterocycles. The first-order valence-electron chi connectivity index (χ1n) is 3.70. The van der Waals surface area contributed by atoms with Crippen LogP contribution in [0.1, 0.15) is 6.42 Å². The number of thiol groups is 3. The van der Waals surface area contributed by atoms with Gasteiger partial charge in [-0.05, 0) is 12.2 Å². The first-order chi connectivity index (χ1) is 5.99. The van der Waals surface area contributed by atoms with Crippen LogP contribution in [0, 0.1) is 0 Å². The van der Waals surface area contributed by atoms with E-state index < -0.39 is 12.5 Å². The molecule has 0 N–H and O–H groups in total. The van der Waals surface area contributed by atoms with Gasteiger partial charge in [0, 0.05) is 21.3 Å². The van der Waals surface area contributed by atoms with Crippen molar-refractivity contribution in [2.24, 2.45) is 0 Å². The molecule has 0 rings (SSSR count). The Kier molecular flexibility index (Phi) is 6.41. The fourth-order valence-electron chi connectivity index (χ4n) is 1.05. The van der Waals surface area contributed by atoms with E-state index >= 15 is 0 Å². The lowest BCUT2D eigenvalue weighted by atomic mass is 10.5. The van der Waals surface area contributed by atoms with Gasteiger partial charge in [0.1, 0.15) is 3.70 Å². The van der Waals surface area contributed by atoms with Gasteiger partial charge >= 0.3 is 8.80 Å². The summed E-state index contributed by atoms with van der Waals surface area (Å²) in [5, 5.41) is 0. The molecule has 3 nitrogen and oxygen atoms in total. The molecule has 0 fully saturated rings. The van der Waals surface area contributed by atoms with Gasteiger partial charge < -0.3 is 13.3 Å². The number of rotatable bonds is 6. The van der Waals surface area contributed by atoms with E-state index in [0.29, 0.717) is 12.2 Å². The maximum atomic E-state index is 5.26. The van der Waals surface area contributed by atoms with Crippen molar-refractivity contribution in [2.75, 3.05) is 27.1 Å². The third-order valence-electron chi connectivity index (χ3n) is 1.76. The second-order valence-corrected chi connectivity index (χ2v) is 8.82. The summed E-state index contributed by atoms with van der Waals surface area (Å²) < 4.78 is 15.1. The summed E-state index contributed by atoms with van der Waals surface area (Å²) in [6.07, 6.45) is 0.643. The maximum Gasteiger partial charge on any atom is 0.527 e. The largest absolute Gasteiger partial charge is 0.527 e. The van der Waals surface area contributed by atoms with Gasteiger partial charge in [-0.1, -0.05) is 0 Å². The average Bonchev–Trinajstić information content (AvgIpc) is 2.07. The Balaban J connectivity index is 4.68. The van der Waals surface area contributed by atoms with Crippen LogP contribution < -0.4 is 0 Å². The minimum atomic E-state index is -2.79. The zero-order valence-electron chi connectivity index (χ0n) is 7.98. The first-order valence-corrected chi connectivity index (χ1v) is 6.96. The Morgan fingerprint density at radius 3 is 1.69 bits per heavy atom. The highest BCUT2D eigenvalue weighted by atomic mass is 32.2. The molecular formula is C6H16O3S3Si. The molecule has 0 bridgehead atoms. The van der Waals surface area contributed by atoms with Gasteiger partial charge in [-0.15, -0.1) is 0 Å². The molecule has 0 radical (unpaired) electrons. The van der Waals surface area contributed by atoms with E-state index in [1.165, 1.54) is 0 Å². The molecule has 0 unspecified atom stereocenters. The van der Waals surface area contributed by atoms with Crippen LogP contribution >= 0.6 is 37.9 Å². The summed E-state index contributed by atoms with van der Waals surface area (Å²) >= 11 is 12.9. The van der Waals surface area contributed by atoms with Crippen LogP contribution in [0.3, 0.4) is 0 Å². The van der Waals surface area contributed by atoms with Crippen LogP contribution in [-0.2, 0) is 13.3 Å². The Labute approximate surface area is 97.1 Å². The SMILES string of the molecule is CO[Si](OC)(OC)C(S)(S)CCS. The lowest BCUT2D eigenvalue weighted by molar-refractivity contribution is 0.118. The molecule has 0 amide bonds. The van der Waals surface area contributed by atoms with Crippen molar-refractivity contribution in [2.45, 2.75) is 10.1 Å². The molecule has 0 aliphatic rings. The monoisotopic (exact) mass is 260 g/mol. The quantitative estimate of drug-likeness (QED) is 0.382. The predicted molar refractivity (Wildman–Crippen MR) is 66.0 cm³/mol. The van der Waals surface area contributed by atoms with E-state index in [1.54, 1.807) is 21.3 Å². The summed E-state index contributed by atoms with van der Waals surface area (Å²) in [6, 6.07) is 0.